The first kappa shape index (κ1) is 12.1. The topological polar surface area (TPSA) is 51.0 Å². The smallest absolute Gasteiger partial charge is 0.230 e. The molecule has 4 nitrogen and oxygen atoms in total. The van der Waals surface area contributed by atoms with E-state index in [4.69, 9.17) is 4.52 Å². The van der Waals surface area contributed by atoms with Crippen LogP contribution >= 0.6 is 27.3 Å². The highest BCUT2D eigenvalue weighted by Crippen LogP contribution is 2.63. The molecule has 1 aliphatic heterocycles. The summed E-state index contributed by atoms with van der Waals surface area (Å²) in [5.74, 6) is 2.04. The average molecular weight is 340 g/mol. The van der Waals surface area contributed by atoms with Gasteiger partial charge < -0.3 is 9.84 Å². The number of hydrogen-bond donors (Lipinski definition) is 1. The van der Waals surface area contributed by atoms with Gasteiger partial charge >= 0.3 is 0 Å². The van der Waals surface area contributed by atoms with Crippen LogP contribution in [0.1, 0.15) is 31.1 Å². The molecule has 0 radical (unpaired) electrons. The minimum atomic E-state index is 0.449. The Morgan fingerprint density at radius 3 is 3.00 bits per heavy atom. The SMILES string of the molecule is Brc1csc(-c2noc(C3CC34CCNCC4)n2)c1. The molecule has 2 aromatic rings. The third-order valence-electron chi connectivity index (χ3n) is 4.32. The molecular formula is C13H14BrN3OS. The van der Waals surface area contributed by atoms with Gasteiger partial charge in [-0.1, -0.05) is 5.16 Å². The van der Waals surface area contributed by atoms with Gasteiger partial charge in [-0.05, 0) is 59.8 Å². The van der Waals surface area contributed by atoms with E-state index < -0.39 is 0 Å². The highest BCUT2D eigenvalue weighted by molar-refractivity contribution is 9.10. The van der Waals surface area contributed by atoms with Gasteiger partial charge in [-0.25, -0.2) is 0 Å². The maximum Gasteiger partial charge on any atom is 0.230 e. The van der Waals surface area contributed by atoms with Crippen LogP contribution in [-0.2, 0) is 0 Å². The first-order chi connectivity index (χ1) is 9.27. The Labute approximate surface area is 123 Å². The van der Waals surface area contributed by atoms with Crippen LogP contribution < -0.4 is 5.32 Å². The van der Waals surface area contributed by atoms with E-state index in [2.05, 4.69) is 31.4 Å². The summed E-state index contributed by atoms with van der Waals surface area (Å²) >= 11 is 5.09. The normalized spacial score (nSPS) is 24.8. The molecule has 2 aromatic heterocycles. The molecule has 2 aliphatic rings. The van der Waals surface area contributed by atoms with Crippen LogP contribution in [0.3, 0.4) is 0 Å². The largest absolute Gasteiger partial charge is 0.339 e. The average Bonchev–Trinajstić information content (AvgIpc) is 2.85. The van der Waals surface area contributed by atoms with Crippen molar-refractivity contribution < 1.29 is 4.52 Å². The molecule has 0 bridgehead atoms. The Morgan fingerprint density at radius 1 is 1.42 bits per heavy atom. The third kappa shape index (κ3) is 2.06. The minimum absolute atomic E-state index is 0.449. The number of thiophene rings is 1. The molecule has 1 atom stereocenters. The van der Waals surface area contributed by atoms with Crippen LogP contribution in [0.15, 0.2) is 20.4 Å². The van der Waals surface area contributed by atoms with Crippen molar-refractivity contribution in [1.82, 2.24) is 15.5 Å². The predicted molar refractivity (Wildman–Crippen MR) is 77.2 cm³/mol. The third-order valence-corrected chi connectivity index (χ3v) is 6.00. The highest BCUT2D eigenvalue weighted by Gasteiger charge is 2.57. The molecule has 6 heteroatoms. The number of nitrogens with one attached hydrogen (secondary N) is 1. The van der Waals surface area contributed by atoms with Crippen LogP contribution in [0.2, 0.25) is 0 Å². The van der Waals surface area contributed by atoms with Crippen molar-refractivity contribution in [3.8, 4) is 10.7 Å². The van der Waals surface area contributed by atoms with Crippen molar-refractivity contribution in [3.63, 3.8) is 0 Å². The van der Waals surface area contributed by atoms with Crippen LogP contribution in [0.4, 0.5) is 0 Å². The van der Waals surface area contributed by atoms with Crippen LogP contribution in [0.5, 0.6) is 0 Å². The summed E-state index contributed by atoms with van der Waals surface area (Å²) in [7, 11) is 0. The molecule has 19 heavy (non-hydrogen) atoms. The Kier molecular flexibility index (Phi) is 2.79. The van der Waals surface area contributed by atoms with Gasteiger partial charge in [-0.3, -0.25) is 0 Å². The van der Waals surface area contributed by atoms with E-state index in [0.717, 1.165) is 34.2 Å². The Hall–Kier alpha value is -0.720. The standard InChI is InChI=1S/C13H14BrN3OS/c14-8-5-10(19-7-8)11-16-12(18-17-11)9-6-13(9)1-3-15-4-2-13/h5,7,9,15H,1-4,6H2. The molecule has 1 unspecified atom stereocenters. The van der Waals surface area contributed by atoms with E-state index >= 15 is 0 Å². The quantitative estimate of drug-likeness (QED) is 0.910. The molecule has 3 heterocycles. The summed E-state index contributed by atoms with van der Waals surface area (Å²) in [5, 5.41) is 9.58. The van der Waals surface area contributed by atoms with Gasteiger partial charge in [-0.2, -0.15) is 4.98 Å². The van der Waals surface area contributed by atoms with E-state index in [1.807, 2.05) is 11.4 Å². The van der Waals surface area contributed by atoms with Crippen LogP contribution in [0, 0.1) is 5.41 Å². The molecule has 1 aliphatic carbocycles. The molecule has 1 spiro atoms. The summed E-state index contributed by atoms with van der Waals surface area (Å²) in [6, 6.07) is 2.03. The molecule has 100 valence electrons. The number of rotatable bonds is 2. The molecule has 2 fully saturated rings. The monoisotopic (exact) mass is 339 g/mol. The maximum atomic E-state index is 5.49. The van der Waals surface area contributed by atoms with E-state index in [0.29, 0.717) is 11.3 Å². The second-order valence-electron chi connectivity index (χ2n) is 5.45. The van der Waals surface area contributed by atoms with E-state index in [1.165, 1.54) is 19.3 Å². The van der Waals surface area contributed by atoms with Gasteiger partial charge in [0.1, 0.15) is 0 Å². The second kappa shape index (κ2) is 4.40. The molecule has 4 rings (SSSR count). The van der Waals surface area contributed by atoms with Gasteiger partial charge in [0.15, 0.2) is 0 Å². The molecule has 1 saturated carbocycles. The van der Waals surface area contributed by atoms with Gasteiger partial charge in [0.05, 0.1) is 4.88 Å². The van der Waals surface area contributed by atoms with Crippen molar-refractivity contribution in [2.75, 3.05) is 13.1 Å². The number of nitrogens with zero attached hydrogens (tertiary/aromatic N) is 2. The number of halogens is 1. The lowest BCUT2D eigenvalue weighted by Gasteiger charge is -2.22. The van der Waals surface area contributed by atoms with Crippen molar-refractivity contribution in [2.24, 2.45) is 5.41 Å². The Morgan fingerprint density at radius 2 is 2.26 bits per heavy atom. The second-order valence-corrected chi connectivity index (χ2v) is 7.28. The van der Waals surface area contributed by atoms with E-state index in [-0.39, 0.29) is 0 Å². The number of aromatic nitrogens is 2. The summed E-state index contributed by atoms with van der Waals surface area (Å²) < 4.78 is 6.56. The van der Waals surface area contributed by atoms with Gasteiger partial charge in [0, 0.05) is 15.8 Å². The van der Waals surface area contributed by atoms with Crippen LogP contribution in [0.25, 0.3) is 10.7 Å². The minimum Gasteiger partial charge on any atom is -0.339 e. The fourth-order valence-electron chi connectivity index (χ4n) is 3.08. The molecule has 0 aromatic carbocycles. The van der Waals surface area contributed by atoms with Gasteiger partial charge in [0.2, 0.25) is 11.7 Å². The molecule has 0 amide bonds. The van der Waals surface area contributed by atoms with Crippen molar-refractivity contribution in [1.29, 1.82) is 0 Å². The zero-order valence-corrected chi connectivity index (χ0v) is 12.8. The summed E-state index contributed by atoms with van der Waals surface area (Å²) in [6.45, 7) is 2.24. The maximum absolute atomic E-state index is 5.49. The molecule has 1 N–H and O–H groups in total. The predicted octanol–water partition coefficient (Wildman–Crippen LogP) is 3.42. The molecule has 1 saturated heterocycles. The van der Waals surface area contributed by atoms with Crippen molar-refractivity contribution in [2.45, 2.75) is 25.2 Å². The lowest BCUT2D eigenvalue weighted by atomic mass is 9.92. The Balaban J connectivity index is 1.56. The van der Waals surface area contributed by atoms with E-state index in [1.54, 1.807) is 11.3 Å². The summed E-state index contributed by atoms with van der Waals surface area (Å²) in [5.41, 5.74) is 0.449. The molecular weight excluding hydrogens is 326 g/mol. The number of hydrogen-bond acceptors (Lipinski definition) is 5. The zero-order chi connectivity index (χ0) is 12.9. The van der Waals surface area contributed by atoms with Gasteiger partial charge in [0.25, 0.3) is 0 Å². The fraction of sp³-hybridized carbons (Fsp3) is 0.538. The first-order valence-corrected chi connectivity index (χ1v) is 8.23. The van der Waals surface area contributed by atoms with Crippen molar-refractivity contribution in [3.05, 3.63) is 21.8 Å². The van der Waals surface area contributed by atoms with Crippen molar-refractivity contribution >= 4 is 27.3 Å². The lowest BCUT2D eigenvalue weighted by molar-refractivity contribution is 0.311. The fourth-order valence-corrected chi connectivity index (χ4v) is 4.43. The Bertz CT molecular complexity index is 603. The summed E-state index contributed by atoms with van der Waals surface area (Å²) in [6.07, 6.45) is 3.68. The number of piperidine rings is 1. The zero-order valence-electron chi connectivity index (χ0n) is 10.4. The van der Waals surface area contributed by atoms with Crippen LogP contribution in [-0.4, -0.2) is 23.2 Å². The highest BCUT2D eigenvalue weighted by atomic mass is 79.9. The van der Waals surface area contributed by atoms with Gasteiger partial charge in [-0.15, -0.1) is 11.3 Å². The van der Waals surface area contributed by atoms with E-state index in [9.17, 15) is 0 Å². The first-order valence-electron chi connectivity index (χ1n) is 6.56. The summed E-state index contributed by atoms with van der Waals surface area (Å²) in [4.78, 5) is 5.65. The lowest BCUT2D eigenvalue weighted by Crippen LogP contribution is -2.29.